The van der Waals surface area contributed by atoms with Gasteiger partial charge in [-0.3, -0.25) is 14.9 Å². The molecule has 1 spiro atoms. The molecular formula is C14H10FN3O3. The second-order valence-corrected chi connectivity index (χ2v) is 5.08. The summed E-state index contributed by atoms with van der Waals surface area (Å²) in [6, 6.07) is 4.37. The Balaban J connectivity index is 2.12. The Morgan fingerprint density at radius 2 is 2.00 bits per heavy atom. The predicted molar refractivity (Wildman–Crippen MR) is 68.4 cm³/mol. The molecule has 3 rings (SSSR count). The minimum atomic E-state index is -1.26. The van der Waals surface area contributed by atoms with Gasteiger partial charge in [0.15, 0.2) is 0 Å². The Bertz CT molecular complexity index is 719. The van der Waals surface area contributed by atoms with Crippen molar-refractivity contribution < 1.29 is 18.8 Å². The maximum Gasteiger partial charge on any atom is 0.335 e. The lowest BCUT2D eigenvalue weighted by molar-refractivity contribution is -0.148. The minimum Gasteiger partial charge on any atom is -0.276 e. The molecule has 0 radical (unpaired) electrons. The largest absolute Gasteiger partial charge is 0.335 e. The van der Waals surface area contributed by atoms with Crippen molar-refractivity contribution in [2.24, 2.45) is 5.41 Å². The van der Waals surface area contributed by atoms with Crippen LogP contribution in [0.3, 0.4) is 0 Å². The lowest BCUT2D eigenvalue weighted by Crippen LogP contribution is -2.66. The van der Waals surface area contributed by atoms with Gasteiger partial charge >= 0.3 is 6.03 Å². The monoisotopic (exact) mass is 287 g/mol. The molecule has 0 bridgehead atoms. The molecule has 2 fully saturated rings. The summed E-state index contributed by atoms with van der Waals surface area (Å²) < 4.78 is 13.7. The van der Waals surface area contributed by atoms with Gasteiger partial charge in [-0.2, -0.15) is 5.26 Å². The first kappa shape index (κ1) is 13.2. The smallest absolute Gasteiger partial charge is 0.276 e. The van der Waals surface area contributed by atoms with Crippen molar-refractivity contribution in [3.05, 3.63) is 29.6 Å². The van der Waals surface area contributed by atoms with Crippen molar-refractivity contribution in [3.63, 3.8) is 0 Å². The topological polar surface area (TPSA) is 90.3 Å². The van der Waals surface area contributed by atoms with E-state index in [1.54, 1.807) is 6.07 Å². The maximum atomic E-state index is 13.7. The lowest BCUT2D eigenvalue weighted by atomic mass is 9.66. The zero-order valence-electron chi connectivity index (χ0n) is 10.9. The zero-order chi connectivity index (χ0) is 15.2. The number of nitriles is 1. The molecule has 2 aliphatic rings. The average Bonchev–Trinajstić information content (AvgIpc) is 2.36. The SMILES string of the molecule is N#Cc1c(F)cccc1N1C(=O)NC(=O)C2(CCC2)C1=O. The number of nitrogens with zero attached hydrogens (tertiary/aromatic N) is 2. The molecule has 0 aromatic heterocycles. The molecule has 7 heteroatoms. The van der Waals surface area contributed by atoms with Crippen LogP contribution in [0, 0.1) is 22.6 Å². The zero-order valence-corrected chi connectivity index (χ0v) is 10.9. The van der Waals surface area contributed by atoms with Crippen LogP contribution >= 0.6 is 0 Å². The highest BCUT2D eigenvalue weighted by atomic mass is 19.1. The van der Waals surface area contributed by atoms with Crippen molar-refractivity contribution >= 4 is 23.5 Å². The number of anilines is 1. The molecule has 1 aromatic carbocycles. The Kier molecular flexibility index (Phi) is 2.76. The van der Waals surface area contributed by atoms with Crippen LogP contribution in [0.5, 0.6) is 0 Å². The molecule has 1 heterocycles. The van der Waals surface area contributed by atoms with Crippen LogP contribution in [0.2, 0.25) is 0 Å². The molecule has 0 unspecified atom stereocenters. The number of hydrogen-bond acceptors (Lipinski definition) is 4. The van der Waals surface area contributed by atoms with E-state index in [0.29, 0.717) is 24.2 Å². The number of imide groups is 2. The number of urea groups is 1. The summed E-state index contributed by atoms with van der Waals surface area (Å²) in [6.07, 6.45) is 1.40. The fourth-order valence-corrected chi connectivity index (χ4v) is 2.68. The summed E-state index contributed by atoms with van der Waals surface area (Å²) in [4.78, 5) is 37.1. The molecule has 106 valence electrons. The number of halogens is 1. The van der Waals surface area contributed by atoms with Crippen LogP contribution in [-0.4, -0.2) is 17.8 Å². The van der Waals surface area contributed by atoms with E-state index in [9.17, 15) is 18.8 Å². The third-order valence-electron chi connectivity index (χ3n) is 4.02. The summed E-state index contributed by atoms with van der Waals surface area (Å²) >= 11 is 0. The van der Waals surface area contributed by atoms with Gasteiger partial charge in [0, 0.05) is 0 Å². The van der Waals surface area contributed by atoms with E-state index in [2.05, 4.69) is 5.32 Å². The molecule has 1 aliphatic carbocycles. The second-order valence-electron chi connectivity index (χ2n) is 5.08. The van der Waals surface area contributed by atoms with E-state index in [1.807, 2.05) is 0 Å². The van der Waals surface area contributed by atoms with Gasteiger partial charge in [0.2, 0.25) is 5.91 Å². The van der Waals surface area contributed by atoms with E-state index in [-0.39, 0.29) is 5.69 Å². The third kappa shape index (κ3) is 1.65. The second kappa shape index (κ2) is 4.38. The number of benzene rings is 1. The van der Waals surface area contributed by atoms with Gasteiger partial charge in [-0.25, -0.2) is 14.1 Å². The van der Waals surface area contributed by atoms with Gasteiger partial charge in [-0.1, -0.05) is 12.5 Å². The molecule has 4 amide bonds. The van der Waals surface area contributed by atoms with Crippen molar-refractivity contribution in [3.8, 4) is 6.07 Å². The number of nitrogens with one attached hydrogen (secondary N) is 1. The Morgan fingerprint density at radius 3 is 2.57 bits per heavy atom. The first-order chi connectivity index (χ1) is 10.0. The molecule has 1 aliphatic heterocycles. The molecular weight excluding hydrogens is 277 g/mol. The van der Waals surface area contributed by atoms with E-state index < -0.39 is 34.6 Å². The van der Waals surface area contributed by atoms with Crippen LogP contribution in [0.25, 0.3) is 0 Å². The van der Waals surface area contributed by atoms with E-state index in [4.69, 9.17) is 5.26 Å². The summed E-state index contributed by atoms with van der Waals surface area (Å²) in [5, 5.41) is 11.1. The molecule has 1 saturated carbocycles. The van der Waals surface area contributed by atoms with Crippen molar-refractivity contribution in [1.29, 1.82) is 5.26 Å². The Hall–Kier alpha value is -2.75. The number of rotatable bonds is 1. The molecule has 1 N–H and O–H groups in total. The summed E-state index contributed by atoms with van der Waals surface area (Å²) in [5.74, 6) is -2.13. The van der Waals surface area contributed by atoms with Crippen LogP contribution in [0.15, 0.2) is 18.2 Å². The first-order valence-corrected chi connectivity index (χ1v) is 6.40. The van der Waals surface area contributed by atoms with E-state index >= 15 is 0 Å². The van der Waals surface area contributed by atoms with Crippen LogP contribution in [0.1, 0.15) is 24.8 Å². The summed E-state index contributed by atoms with van der Waals surface area (Å²) in [6.45, 7) is 0. The highest BCUT2D eigenvalue weighted by molar-refractivity contribution is 6.30. The van der Waals surface area contributed by atoms with Crippen LogP contribution in [-0.2, 0) is 9.59 Å². The number of barbiturate groups is 1. The van der Waals surface area contributed by atoms with Gasteiger partial charge in [0.25, 0.3) is 5.91 Å². The van der Waals surface area contributed by atoms with Gasteiger partial charge in [-0.05, 0) is 25.0 Å². The molecule has 0 atom stereocenters. The highest BCUT2D eigenvalue weighted by Crippen LogP contribution is 2.45. The first-order valence-electron chi connectivity index (χ1n) is 6.40. The Labute approximate surface area is 119 Å². The summed E-state index contributed by atoms with van der Waals surface area (Å²) in [7, 11) is 0. The Morgan fingerprint density at radius 1 is 1.29 bits per heavy atom. The van der Waals surface area contributed by atoms with Gasteiger partial charge in [0.05, 0.1) is 5.69 Å². The lowest BCUT2D eigenvalue weighted by Gasteiger charge is -2.44. The number of carbonyl (C=O) groups excluding carboxylic acids is 3. The predicted octanol–water partition coefficient (Wildman–Crippen LogP) is 1.45. The summed E-state index contributed by atoms with van der Waals surface area (Å²) in [5.41, 5.74) is -1.80. The number of hydrogen-bond donors (Lipinski definition) is 1. The van der Waals surface area contributed by atoms with Gasteiger partial charge in [-0.15, -0.1) is 0 Å². The van der Waals surface area contributed by atoms with E-state index in [1.165, 1.54) is 12.1 Å². The van der Waals surface area contributed by atoms with E-state index in [0.717, 1.165) is 6.07 Å². The molecule has 6 nitrogen and oxygen atoms in total. The van der Waals surface area contributed by atoms with Crippen LogP contribution < -0.4 is 10.2 Å². The van der Waals surface area contributed by atoms with Crippen LogP contribution in [0.4, 0.5) is 14.9 Å². The third-order valence-corrected chi connectivity index (χ3v) is 4.02. The maximum absolute atomic E-state index is 13.7. The normalized spacial score (nSPS) is 20.0. The van der Waals surface area contributed by atoms with Gasteiger partial charge in [0.1, 0.15) is 22.9 Å². The highest BCUT2D eigenvalue weighted by Gasteiger charge is 2.58. The van der Waals surface area contributed by atoms with Crippen molar-refractivity contribution in [2.45, 2.75) is 19.3 Å². The van der Waals surface area contributed by atoms with Crippen molar-refractivity contribution in [1.82, 2.24) is 5.32 Å². The standard InChI is InChI=1S/C14H10FN3O3/c15-9-3-1-4-10(8(9)7-16)18-12(20)14(5-2-6-14)11(19)17-13(18)21/h1,3-4H,2,5-6H2,(H,17,19,21). The number of carbonyl (C=O) groups is 3. The van der Waals surface area contributed by atoms with Crippen molar-refractivity contribution in [2.75, 3.05) is 4.90 Å². The minimum absolute atomic E-state index is 0.140. The molecule has 21 heavy (non-hydrogen) atoms. The molecule has 1 aromatic rings. The average molecular weight is 287 g/mol. The fraction of sp³-hybridized carbons (Fsp3) is 0.286. The fourth-order valence-electron chi connectivity index (χ4n) is 2.68. The molecule has 1 saturated heterocycles. The number of amides is 4. The quantitative estimate of drug-likeness (QED) is 0.791. The van der Waals surface area contributed by atoms with Gasteiger partial charge < -0.3 is 0 Å².